The predicted molar refractivity (Wildman–Crippen MR) is 60.5 cm³/mol. The van der Waals surface area contributed by atoms with Crippen LogP contribution in [0.2, 0.25) is 0 Å². The summed E-state index contributed by atoms with van der Waals surface area (Å²) in [4.78, 5) is 26.2. The van der Waals surface area contributed by atoms with Gasteiger partial charge in [0, 0.05) is 26.2 Å². The van der Waals surface area contributed by atoms with Crippen molar-refractivity contribution in [3.05, 3.63) is 0 Å². The van der Waals surface area contributed by atoms with Gasteiger partial charge in [-0.3, -0.25) is 14.5 Å². The molecule has 0 unspecified atom stereocenters. The lowest BCUT2D eigenvalue weighted by molar-refractivity contribution is -0.132. The minimum Gasteiger partial charge on any atom is -0.369 e. The first-order valence-corrected chi connectivity index (χ1v) is 5.55. The molecule has 0 aromatic rings. The van der Waals surface area contributed by atoms with Crippen LogP contribution < -0.4 is 11.5 Å². The summed E-state index contributed by atoms with van der Waals surface area (Å²) in [7, 11) is 0. The number of carbonyl (C=O) groups is 2. The van der Waals surface area contributed by atoms with E-state index < -0.39 is 6.04 Å². The van der Waals surface area contributed by atoms with E-state index in [9.17, 15) is 9.59 Å². The molecule has 2 amide bonds. The second-order valence-corrected chi connectivity index (χ2v) is 4.21. The fourth-order valence-corrected chi connectivity index (χ4v) is 1.86. The molecule has 1 fully saturated rings. The maximum Gasteiger partial charge on any atom is 0.239 e. The van der Waals surface area contributed by atoms with Gasteiger partial charge in [-0.1, -0.05) is 0 Å². The van der Waals surface area contributed by atoms with Crippen LogP contribution in [0.5, 0.6) is 0 Å². The van der Waals surface area contributed by atoms with E-state index in [2.05, 4.69) is 0 Å². The molecule has 0 spiro atoms. The van der Waals surface area contributed by atoms with Crippen LogP contribution in [0.15, 0.2) is 0 Å². The summed E-state index contributed by atoms with van der Waals surface area (Å²) in [6, 6.07) is -0.456. The Labute approximate surface area is 95.5 Å². The van der Waals surface area contributed by atoms with Crippen molar-refractivity contribution in [3.8, 4) is 0 Å². The summed E-state index contributed by atoms with van der Waals surface area (Å²) in [5.41, 5.74) is 10.7. The Balaban J connectivity index is 2.46. The van der Waals surface area contributed by atoms with Crippen molar-refractivity contribution < 1.29 is 9.59 Å². The number of rotatable bonds is 3. The van der Waals surface area contributed by atoms with Crippen LogP contribution in [0, 0.1) is 0 Å². The van der Waals surface area contributed by atoms with Gasteiger partial charge in [0.05, 0.1) is 12.6 Å². The van der Waals surface area contributed by atoms with Crippen molar-refractivity contribution in [1.29, 1.82) is 0 Å². The number of nitrogens with zero attached hydrogens (tertiary/aromatic N) is 2. The van der Waals surface area contributed by atoms with Gasteiger partial charge in [-0.25, -0.2) is 0 Å². The monoisotopic (exact) mass is 228 g/mol. The zero-order valence-electron chi connectivity index (χ0n) is 9.69. The van der Waals surface area contributed by atoms with Gasteiger partial charge in [0.15, 0.2) is 0 Å². The Hall–Kier alpha value is -1.14. The topological polar surface area (TPSA) is 92.7 Å². The van der Waals surface area contributed by atoms with E-state index in [4.69, 9.17) is 11.5 Å². The fraction of sp³-hybridized carbons (Fsp3) is 0.800. The van der Waals surface area contributed by atoms with Crippen LogP contribution in [0.3, 0.4) is 0 Å². The summed E-state index contributed by atoms with van der Waals surface area (Å²) in [5, 5.41) is 0. The highest BCUT2D eigenvalue weighted by Gasteiger charge is 2.21. The third-order valence-corrected chi connectivity index (χ3v) is 2.67. The quantitative estimate of drug-likeness (QED) is 0.605. The van der Waals surface area contributed by atoms with E-state index in [1.807, 2.05) is 4.90 Å². The Bertz CT molecular complexity index is 268. The lowest BCUT2D eigenvalue weighted by Crippen LogP contribution is -2.44. The van der Waals surface area contributed by atoms with Gasteiger partial charge in [-0.05, 0) is 13.3 Å². The van der Waals surface area contributed by atoms with E-state index in [-0.39, 0.29) is 18.4 Å². The third kappa shape index (κ3) is 3.79. The highest BCUT2D eigenvalue weighted by molar-refractivity contribution is 5.81. The smallest absolute Gasteiger partial charge is 0.239 e. The van der Waals surface area contributed by atoms with Crippen molar-refractivity contribution in [2.24, 2.45) is 11.5 Å². The molecule has 92 valence electrons. The molecule has 6 nitrogen and oxygen atoms in total. The first-order valence-electron chi connectivity index (χ1n) is 5.55. The molecule has 1 aliphatic rings. The van der Waals surface area contributed by atoms with Crippen LogP contribution in [-0.2, 0) is 9.59 Å². The summed E-state index contributed by atoms with van der Waals surface area (Å²) < 4.78 is 0. The number of hydrogen-bond acceptors (Lipinski definition) is 4. The molecule has 0 aliphatic carbocycles. The summed E-state index contributed by atoms with van der Waals surface area (Å²) >= 11 is 0. The van der Waals surface area contributed by atoms with Crippen LogP contribution in [0.1, 0.15) is 13.3 Å². The van der Waals surface area contributed by atoms with Gasteiger partial charge in [-0.15, -0.1) is 0 Å². The van der Waals surface area contributed by atoms with Crippen LogP contribution in [0.25, 0.3) is 0 Å². The molecule has 0 aromatic carbocycles. The van der Waals surface area contributed by atoms with E-state index in [1.54, 1.807) is 11.8 Å². The molecule has 1 atom stereocenters. The second kappa shape index (κ2) is 5.81. The van der Waals surface area contributed by atoms with Crippen molar-refractivity contribution in [2.75, 3.05) is 32.7 Å². The highest BCUT2D eigenvalue weighted by atomic mass is 16.2. The van der Waals surface area contributed by atoms with E-state index in [1.165, 1.54) is 0 Å². The van der Waals surface area contributed by atoms with Gasteiger partial charge < -0.3 is 16.4 Å². The molecule has 0 aromatic heterocycles. The van der Waals surface area contributed by atoms with Gasteiger partial charge in [0.2, 0.25) is 11.8 Å². The average molecular weight is 228 g/mol. The number of hydrogen-bond donors (Lipinski definition) is 2. The molecule has 0 bridgehead atoms. The minimum absolute atomic E-state index is 0.0269. The molecular weight excluding hydrogens is 208 g/mol. The molecule has 0 radical (unpaired) electrons. The van der Waals surface area contributed by atoms with Crippen LogP contribution in [0.4, 0.5) is 0 Å². The van der Waals surface area contributed by atoms with Crippen LogP contribution >= 0.6 is 0 Å². The van der Waals surface area contributed by atoms with Gasteiger partial charge in [0.25, 0.3) is 0 Å². The fourth-order valence-electron chi connectivity index (χ4n) is 1.86. The molecular formula is C10H20N4O2. The molecule has 4 N–H and O–H groups in total. The third-order valence-electron chi connectivity index (χ3n) is 2.67. The number of nitrogens with two attached hydrogens (primary N) is 2. The van der Waals surface area contributed by atoms with Crippen molar-refractivity contribution in [1.82, 2.24) is 9.80 Å². The highest BCUT2D eigenvalue weighted by Crippen LogP contribution is 2.04. The lowest BCUT2D eigenvalue weighted by Gasteiger charge is -2.22. The lowest BCUT2D eigenvalue weighted by atomic mass is 10.3. The Morgan fingerprint density at radius 1 is 1.25 bits per heavy atom. The van der Waals surface area contributed by atoms with Crippen molar-refractivity contribution in [3.63, 3.8) is 0 Å². The molecule has 16 heavy (non-hydrogen) atoms. The van der Waals surface area contributed by atoms with E-state index >= 15 is 0 Å². The minimum atomic E-state index is -0.456. The molecule has 6 heteroatoms. The van der Waals surface area contributed by atoms with Gasteiger partial charge >= 0.3 is 0 Å². The standard InChI is InChI=1S/C10H20N4O2/c1-8(11)10(16)14-4-2-3-13(5-6-14)7-9(12)15/h8H,2-7,11H2,1H3,(H2,12,15)/t8-/m1/s1. The van der Waals surface area contributed by atoms with Crippen molar-refractivity contribution in [2.45, 2.75) is 19.4 Å². The zero-order valence-corrected chi connectivity index (χ0v) is 9.69. The Morgan fingerprint density at radius 3 is 2.50 bits per heavy atom. The maximum absolute atomic E-state index is 11.7. The number of primary amides is 1. The van der Waals surface area contributed by atoms with Crippen molar-refractivity contribution >= 4 is 11.8 Å². The Kier molecular flexibility index (Phi) is 4.70. The average Bonchev–Trinajstić information content (AvgIpc) is 2.41. The summed E-state index contributed by atoms with van der Waals surface area (Å²) in [5.74, 6) is -0.354. The van der Waals surface area contributed by atoms with Gasteiger partial charge in [-0.2, -0.15) is 0 Å². The largest absolute Gasteiger partial charge is 0.369 e. The number of amides is 2. The summed E-state index contributed by atoms with van der Waals surface area (Å²) in [6.45, 7) is 4.75. The van der Waals surface area contributed by atoms with E-state index in [0.717, 1.165) is 13.0 Å². The second-order valence-electron chi connectivity index (χ2n) is 4.21. The first-order chi connectivity index (χ1) is 7.50. The number of carbonyl (C=O) groups excluding carboxylic acids is 2. The molecule has 1 saturated heterocycles. The normalized spacial score (nSPS) is 20.2. The first kappa shape index (κ1) is 12.9. The predicted octanol–water partition coefficient (Wildman–Crippen LogP) is -1.65. The molecule has 0 saturated carbocycles. The molecule has 1 aliphatic heterocycles. The Morgan fingerprint density at radius 2 is 1.94 bits per heavy atom. The van der Waals surface area contributed by atoms with Gasteiger partial charge in [0.1, 0.15) is 0 Å². The SMILES string of the molecule is C[C@@H](N)C(=O)N1CCCN(CC(N)=O)CC1. The molecule has 1 heterocycles. The van der Waals surface area contributed by atoms with E-state index in [0.29, 0.717) is 19.6 Å². The molecule has 1 rings (SSSR count). The zero-order chi connectivity index (χ0) is 12.1. The van der Waals surface area contributed by atoms with Crippen LogP contribution in [-0.4, -0.2) is 60.4 Å². The maximum atomic E-state index is 11.7. The summed E-state index contributed by atoms with van der Waals surface area (Å²) in [6.07, 6.45) is 0.853.